The number of halogens is 2. The average molecular weight is 535 g/mol. The summed E-state index contributed by atoms with van der Waals surface area (Å²) in [6.07, 6.45) is 3.37. The van der Waals surface area contributed by atoms with Gasteiger partial charge in [-0.3, -0.25) is 4.79 Å². The molecule has 9 heteroatoms. The maximum atomic E-state index is 13.2. The maximum Gasteiger partial charge on any atom is 0.233 e. The monoisotopic (exact) mass is 533 g/mol. The Hall–Kier alpha value is -1.70. The fourth-order valence-corrected chi connectivity index (χ4v) is 7.68. The first-order chi connectivity index (χ1) is 16.6. The van der Waals surface area contributed by atoms with Gasteiger partial charge >= 0.3 is 0 Å². The van der Waals surface area contributed by atoms with E-state index in [1.54, 1.807) is 0 Å². The molecule has 1 aliphatic carbocycles. The zero-order chi connectivity index (χ0) is 24.8. The van der Waals surface area contributed by atoms with Gasteiger partial charge in [0.05, 0.1) is 16.5 Å². The van der Waals surface area contributed by atoms with E-state index in [4.69, 9.17) is 28.2 Å². The maximum absolute atomic E-state index is 13.2. The van der Waals surface area contributed by atoms with Gasteiger partial charge in [-0.1, -0.05) is 67.9 Å². The summed E-state index contributed by atoms with van der Waals surface area (Å²) in [5.74, 6) is 1.33. The Morgan fingerprint density at radius 2 is 1.77 bits per heavy atom. The first kappa shape index (κ1) is 25.0. The predicted octanol–water partition coefficient (Wildman–Crippen LogP) is 5.63. The molecular formula is C26H33Cl2N5OS. The van der Waals surface area contributed by atoms with Crippen LogP contribution in [0.15, 0.2) is 35.5 Å². The van der Waals surface area contributed by atoms with E-state index in [0.717, 1.165) is 62.1 Å². The molecule has 3 fully saturated rings. The number of nitrogens with zero attached hydrogens (tertiary/aromatic N) is 5. The Morgan fingerprint density at radius 1 is 1.06 bits per heavy atom. The van der Waals surface area contributed by atoms with Crippen LogP contribution in [-0.4, -0.2) is 65.3 Å². The highest BCUT2D eigenvalue weighted by molar-refractivity contribution is 7.99. The molecule has 5 rings (SSSR count). The van der Waals surface area contributed by atoms with Gasteiger partial charge in [0, 0.05) is 44.8 Å². The second kappa shape index (κ2) is 9.64. The van der Waals surface area contributed by atoms with E-state index in [0.29, 0.717) is 27.5 Å². The van der Waals surface area contributed by atoms with Crippen molar-refractivity contribution in [2.75, 3.05) is 48.3 Å². The minimum absolute atomic E-state index is 0.180. The van der Waals surface area contributed by atoms with E-state index in [-0.39, 0.29) is 11.3 Å². The average Bonchev–Trinajstić information content (AvgIpc) is 3.06. The fraction of sp³-hybridized carbons (Fsp3) is 0.577. The zero-order valence-electron chi connectivity index (χ0n) is 20.6. The molecule has 2 atom stereocenters. The lowest BCUT2D eigenvalue weighted by atomic mass is 9.65. The number of amides is 1. The summed E-state index contributed by atoms with van der Waals surface area (Å²) in [7, 11) is 0. The number of thioether (sulfide) groups is 1. The van der Waals surface area contributed by atoms with E-state index in [2.05, 4.69) is 46.5 Å². The number of para-hydroxylation sites is 1. The molecule has 2 aromatic rings. The van der Waals surface area contributed by atoms with Gasteiger partial charge in [0.1, 0.15) is 11.0 Å². The number of likely N-dealkylation sites (tertiary alicyclic amines) is 1. The molecule has 1 aromatic heterocycles. The Bertz CT molecular complexity index is 1110. The van der Waals surface area contributed by atoms with Crippen molar-refractivity contribution in [3.8, 4) is 0 Å². The Kier molecular flexibility index (Phi) is 6.88. The SMILES string of the molecule is CC1(C)CC2CC(C)(CN2C(=O)CSc2nc(Cl)cc(N3CCN(c4ccccc4Cl)CC3)n2)C1. The molecule has 2 aliphatic heterocycles. The van der Waals surface area contributed by atoms with Gasteiger partial charge in [-0.05, 0) is 42.2 Å². The normalized spacial score (nSPS) is 25.7. The summed E-state index contributed by atoms with van der Waals surface area (Å²) in [5, 5.41) is 1.74. The molecule has 0 N–H and O–H groups in total. The van der Waals surface area contributed by atoms with Crippen molar-refractivity contribution in [3.05, 3.63) is 40.5 Å². The molecule has 35 heavy (non-hydrogen) atoms. The Balaban J connectivity index is 1.20. The molecule has 0 spiro atoms. The largest absolute Gasteiger partial charge is 0.367 e. The third kappa shape index (κ3) is 5.52. The van der Waals surface area contributed by atoms with Gasteiger partial charge in [0.25, 0.3) is 0 Å². The summed E-state index contributed by atoms with van der Waals surface area (Å²) in [4.78, 5) is 29.0. The van der Waals surface area contributed by atoms with Crippen LogP contribution in [-0.2, 0) is 4.79 Å². The van der Waals surface area contributed by atoms with E-state index in [9.17, 15) is 4.79 Å². The first-order valence-electron chi connectivity index (χ1n) is 12.3. The fourth-order valence-electron chi connectivity index (χ4n) is 6.46. The van der Waals surface area contributed by atoms with Gasteiger partial charge in [-0.15, -0.1) is 0 Å². The van der Waals surface area contributed by atoms with Crippen LogP contribution in [0.4, 0.5) is 11.5 Å². The summed E-state index contributed by atoms with van der Waals surface area (Å²) in [5.41, 5.74) is 1.59. The van der Waals surface area contributed by atoms with Crippen LogP contribution in [0.1, 0.15) is 40.0 Å². The topological polar surface area (TPSA) is 52.6 Å². The number of rotatable bonds is 5. The number of aromatic nitrogens is 2. The molecule has 2 bridgehead atoms. The standard InChI is InChI=1S/C26H33Cl2N5OS/c1-25(2)13-18-14-26(3,16-25)17-33(18)23(34)15-35-24-29-21(28)12-22(30-24)32-10-8-31(9-11-32)20-7-5-4-6-19(20)27/h4-7,12,18H,8-11,13-17H2,1-3H3. The molecule has 3 heterocycles. The smallest absolute Gasteiger partial charge is 0.233 e. The van der Waals surface area contributed by atoms with Crippen molar-refractivity contribution in [1.82, 2.24) is 14.9 Å². The molecule has 0 radical (unpaired) electrons. The molecule has 1 aromatic carbocycles. The predicted molar refractivity (Wildman–Crippen MR) is 145 cm³/mol. The molecule has 1 saturated carbocycles. The number of piperazine rings is 1. The first-order valence-corrected chi connectivity index (χ1v) is 14.1. The molecule has 188 valence electrons. The van der Waals surface area contributed by atoms with Crippen molar-refractivity contribution in [3.63, 3.8) is 0 Å². The second-order valence-corrected chi connectivity index (χ2v) is 13.0. The van der Waals surface area contributed by atoms with Gasteiger partial charge in [-0.25, -0.2) is 9.97 Å². The van der Waals surface area contributed by atoms with E-state index < -0.39 is 0 Å². The van der Waals surface area contributed by atoms with Crippen molar-refractivity contribution in [1.29, 1.82) is 0 Å². The molecular weight excluding hydrogens is 501 g/mol. The molecule has 3 aliphatic rings. The van der Waals surface area contributed by atoms with E-state index in [1.807, 2.05) is 24.3 Å². The van der Waals surface area contributed by atoms with E-state index in [1.165, 1.54) is 18.2 Å². The van der Waals surface area contributed by atoms with Gasteiger partial charge < -0.3 is 14.7 Å². The lowest BCUT2D eigenvalue weighted by Crippen LogP contribution is -2.47. The number of hydrogen-bond donors (Lipinski definition) is 0. The number of carbonyl (C=O) groups is 1. The van der Waals surface area contributed by atoms with Crippen LogP contribution in [0.25, 0.3) is 0 Å². The molecule has 6 nitrogen and oxygen atoms in total. The van der Waals surface area contributed by atoms with Crippen LogP contribution in [0, 0.1) is 10.8 Å². The second-order valence-electron chi connectivity index (χ2n) is 11.3. The molecule has 2 saturated heterocycles. The number of fused-ring (bicyclic) bond motifs is 2. The van der Waals surface area contributed by atoms with Crippen molar-refractivity contribution >= 4 is 52.4 Å². The highest BCUT2D eigenvalue weighted by Gasteiger charge is 2.50. The van der Waals surface area contributed by atoms with Gasteiger partial charge in [0.2, 0.25) is 5.91 Å². The number of carbonyl (C=O) groups excluding carboxylic acids is 1. The summed E-state index contributed by atoms with van der Waals surface area (Å²) in [6, 6.07) is 10.1. The van der Waals surface area contributed by atoms with Crippen LogP contribution in [0.5, 0.6) is 0 Å². The Morgan fingerprint density at radius 3 is 2.51 bits per heavy atom. The minimum atomic E-state index is 0.180. The number of benzene rings is 1. The third-order valence-corrected chi connectivity index (χ3v) is 8.86. The quantitative estimate of drug-likeness (QED) is 0.282. The lowest BCUT2D eigenvalue weighted by molar-refractivity contribution is -0.129. The minimum Gasteiger partial charge on any atom is -0.367 e. The highest BCUT2D eigenvalue weighted by Crippen LogP contribution is 2.52. The highest BCUT2D eigenvalue weighted by atomic mass is 35.5. The summed E-state index contributed by atoms with van der Waals surface area (Å²) in [6.45, 7) is 11.2. The zero-order valence-corrected chi connectivity index (χ0v) is 23.0. The van der Waals surface area contributed by atoms with Crippen molar-refractivity contribution in [2.45, 2.75) is 51.2 Å². The summed E-state index contributed by atoms with van der Waals surface area (Å²) < 4.78 is 0. The van der Waals surface area contributed by atoms with Crippen molar-refractivity contribution < 1.29 is 4.79 Å². The number of hydrogen-bond acceptors (Lipinski definition) is 6. The van der Waals surface area contributed by atoms with Crippen LogP contribution >= 0.6 is 35.0 Å². The Labute approximate surface area is 222 Å². The third-order valence-electron chi connectivity index (χ3n) is 7.52. The lowest BCUT2D eigenvalue weighted by Gasteiger charge is -2.39. The van der Waals surface area contributed by atoms with Gasteiger partial charge in [0.15, 0.2) is 5.16 Å². The summed E-state index contributed by atoms with van der Waals surface area (Å²) >= 11 is 14.1. The van der Waals surface area contributed by atoms with Crippen LogP contribution in [0.2, 0.25) is 10.2 Å². The molecule has 1 amide bonds. The van der Waals surface area contributed by atoms with Gasteiger partial charge in [-0.2, -0.15) is 0 Å². The van der Waals surface area contributed by atoms with Crippen molar-refractivity contribution in [2.24, 2.45) is 10.8 Å². The van der Waals surface area contributed by atoms with E-state index >= 15 is 0 Å². The van der Waals surface area contributed by atoms with Crippen LogP contribution in [0.3, 0.4) is 0 Å². The number of anilines is 2. The molecule has 2 unspecified atom stereocenters. The van der Waals surface area contributed by atoms with Crippen LogP contribution < -0.4 is 9.80 Å².